The SMILES string of the molecule is CCc1ccc(CNCC(N)COC)s1. The monoisotopic (exact) mass is 228 g/mol. The molecule has 0 radical (unpaired) electrons. The van der Waals surface area contributed by atoms with E-state index in [0.717, 1.165) is 19.5 Å². The van der Waals surface area contributed by atoms with Crippen molar-refractivity contribution < 1.29 is 4.74 Å². The Morgan fingerprint density at radius 1 is 1.47 bits per heavy atom. The Balaban J connectivity index is 2.19. The van der Waals surface area contributed by atoms with Gasteiger partial charge in [0.15, 0.2) is 0 Å². The first-order chi connectivity index (χ1) is 7.26. The maximum absolute atomic E-state index is 5.80. The molecule has 1 unspecified atom stereocenters. The van der Waals surface area contributed by atoms with E-state index in [4.69, 9.17) is 10.5 Å². The zero-order chi connectivity index (χ0) is 11.1. The van der Waals surface area contributed by atoms with E-state index in [9.17, 15) is 0 Å². The molecule has 0 spiro atoms. The Hall–Kier alpha value is -0.420. The van der Waals surface area contributed by atoms with Crippen LogP contribution in [0.3, 0.4) is 0 Å². The molecule has 0 aliphatic heterocycles. The molecule has 0 aromatic carbocycles. The number of hydrogen-bond acceptors (Lipinski definition) is 4. The zero-order valence-electron chi connectivity index (χ0n) is 9.45. The fourth-order valence-electron chi connectivity index (χ4n) is 1.36. The Labute approximate surface area is 95.6 Å². The molecule has 4 heteroatoms. The molecule has 1 atom stereocenters. The second kappa shape index (κ2) is 6.95. The maximum atomic E-state index is 5.80. The van der Waals surface area contributed by atoms with E-state index in [1.54, 1.807) is 7.11 Å². The molecule has 1 rings (SSSR count). The summed E-state index contributed by atoms with van der Waals surface area (Å²) >= 11 is 1.86. The largest absolute Gasteiger partial charge is 0.383 e. The fraction of sp³-hybridized carbons (Fsp3) is 0.636. The topological polar surface area (TPSA) is 47.3 Å². The standard InChI is InChI=1S/C11H20N2OS/c1-3-10-4-5-11(15-10)7-13-6-9(12)8-14-2/h4-5,9,13H,3,6-8,12H2,1-2H3. The van der Waals surface area contributed by atoms with Crippen LogP contribution in [0.5, 0.6) is 0 Å². The van der Waals surface area contributed by atoms with Gasteiger partial charge in [0.05, 0.1) is 6.61 Å². The molecule has 3 nitrogen and oxygen atoms in total. The Morgan fingerprint density at radius 2 is 2.20 bits per heavy atom. The Bertz CT molecular complexity index is 275. The second-order valence-electron chi connectivity index (χ2n) is 3.57. The van der Waals surface area contributed by atoms with Gasteiger partial charge in [-0.15, -0.1) is 11.3 Å². The molecule has 15 heavy (non-hydrogen) atoms. The van der Waals surface area contributed by atoms with E-state index in [1.807, 2.05) is 11.3 Å². The Morgan fingerprint density at radius 3 is 2.80 bits per heavy atom. The lowest BCUT2D eigenvalue weighted by atomic mass is 10.3. The third-order valence-corrected chi connectivity index (χ3v) is 3.38. The summed E-state index contributed by atoms with van der Waals surface area (Å²) in [5.74, 6) is 0. The van der Waals surface area contributed by atoms with Crippen LogP contribution in [0, 0.1) is 0 Å². The number of hydrogen-bond donors (Lipinski definition) is 2. The minimum atomic E-state index is 0.0839. The van der Waals surface area contributed by atoms with Crippen LogP contribution in [0.15, 0.2) is 12.1 Å². The zero-order valence-corrected chi connectivity index (χ0v) is 10.3. The van der Waals surface area contributed by atoms with Crippen LogP contribution in [-0.2, 0) is 17.7 Å². The summed E-state index contributed by atoms with van der Waals surface area (Å²) in [4.78, 5) is 2.81. The molecule has 0 fully saturated rings. The van der Waals surface area contributed by atoms with Crippen molar-refractivity contribution in [3.05, 3.63) is 21.9 Å². The van der Waals surface area contributed by atoms with Crippen molar-refractivity contribution in [2.45, 2.75) is 25.9 Å². The van der Waals surface area contributed by atoms with E-state index in [1.165, 1.54) is 9.75 Å². The minimum Gasteiger partial charge on any atom is -0.383 e. The van der Waals surface area contributed by atoms with Crippen LogP contribution in [0.2, 0.25) is 0 Å². The van der Waals surface area contributed by atoms with Crippen LogP contribution in [-0.4, -0.2) is 26.3 Å². The van der Waals surface area contributed by atoms with Crippen molar-refractivity contribution in [1.82, 2.24) is 5.32 Å². The quantitative estimate of drug-likeness (QED) is 0.741. The van der Waals surface area contributed by atoms with Crippen LogP contribution in [0.4, 0.5) is 0 Å². The van der Waals surface area contributed by atoms with Crippen LogP contribution >= 0.6 is 11.3 Å². The second-order valence-corrected chi connectivity index (χ2v) is 4.82. The summed E-state index contributed by atoms with van der Waals surface area (Å²) in [5, 5.41) is 3.33. The number of nitrogens with one attached hydrogen (secondary N) is 1. The first-order valence-electron chi connectivity index (χ1n) is 5.29. The average molecular weight is 228 g/mol. The molecule has 0 aliphatic carbocycles. The number of aryl methyl sites for hydroxylation is 1. The van der Waals surface area contributed by atoms with Crippen molar-refractivity contribution in [3.63, 3.8) is 0 Å². The molecule has 0 aliphatic rings. The number of ether oxygens (including phenoxy) is 1. The van der Waals surface area contributed by atoms with Crippen LogP contribution in [0.1, 0.15) is 16.7 Å². The normalized spacial score (nSPS) is 13.0. The molecule has 1 aromatic heterocycles. The molecular weight excluding hydrogens is 208 g/mol. The number of methoxy groups -OCH3 is 1. The number of rotatable bonds is 7. The maximum Gasteiger partial charge on any atom is 0.0626 e. The van der Waals surface area contributed by atoms with E-state index in [0.29, 0.717) is 6.61 Å². The van der Waals surface area contributed by atoms with E-state index >= 15 is 0 Å². The molecular formula is C11H20N2OS. The van der Waals surface area contributed by atoms with Gasteiger partial charge in [0.25, 0.3) is 0 Å². The number of nitrogens with two attached hydrogens (primary N) is 1. The predicted octanol–water partition coefficient (Wildman–Crippen LogP) is 1.37. The smallest absolute Gasteiger partial charge is 0.0626 e. The van der Waals surface area contributed by atoms with E-state index in [-0.39, 0.29) is 6.04 Å². The molecule has 86 valence electrons. The van der Waals surface area contributed by atoms with Gasteiger partial charge in [-0.25, -0.2) is 0 Å². The van der Waals surface area contributed by atoms with Gasteiger partial charge in [-0.05, 0) is 18.6 Å². The van der Waals surface area contributed by atoms with Gasteiger partial charge >= 0.3 is 0 Å². The molecule has 1 heterocycles. The highest BCUT2D eigenvalue weighted by Gasteiger charge is 2.02. The van der Waals surface area contributed by atoms with E-state index in [2.05, 4.69) is 24.4 Å². The molecule has 0 saturated heterocycles. The van der Waals surface area contributed by atoms with Gasteiger partial charge in [-0.2, -0.15) is 0 Å². The predicted molar refractivity (Wildman–Crippen MR) is 65.3 cm³/mol. The van der Waals surface area contributed by atoms with E-state index < -0.39 is 0 Å². The highest BCUT2D eigenvalue weighted by molar-refractivity contribution is 7.11. The average Bonchev–Trinajstić information content (AvgIpc) is 2.66. The molecule has 0 saturated carbocycles. The highest BCUT2D eigenvalue weighted by Crippen LogP contribution is 2.16. The molecule has 0 amide bonds. The summed E-state index contributed by atoms with van der Waals surface area (Å²) in [6.07, 6.45) is 1.12. The van der Waals surface area contributed by atoms with Crippen molar-refractivity contribution in [3.8, 4) is 0 Å². The van der Waals surface area contributed by atoms with Gasteiger partial charge in [0.1, 0.15) is 0 Å². The van der Waals surface area contributed by atoms with Gasteiger partial charge in [-0.3, -0.25) is 0 Å². The Kier molecular flexibility index (Phi) is 5.86. The molecule has 1 aromatic rings. The first kappa shape index (κ1) is 12.6. The van der Waals surface area contributed by atoms with Crippen LogP contribution in [0.25, 0.3) is 0 Å². The third-order valence-electron chi connectivity index (χ3n) is 2.15. The minimum absolute atomic E-state index is 0.0839. The van der Waals surface area contributed by atoms with Crippen molar-refractivity contribution in [2.75, 3.05) is 20.3 Å². The van der Waals surface area contributed by atoms with Gasteiger partial charge in [0.2, 0.25) is 0 Å². The van der Waals surface area contributed by atoms with Gasteiger partial charge in [-0.1, -0.05) is 6.92 Å². The van der Waals surface area contributed by atoms with Crippen LogP contribution < -0.4 is 11.1 Å². The van der Waals surface area contributed by atoms with Crippen molar-refractivity contribution >= 4 is 11.3 Å². The molecule has 0 bridgehead atoms. The summed E-state index contributed by atoms with van der Waals surface area (Å²) in [5.41, 5.74) is 5.80. The third kappa shape index (κ3) is 4.75. The summed E-state index contributed by atoms with van der Waals surface area (Å²) in [7, 11) is 1.67. The lowest BCUT2D eigenvalue weighted by Gasteiger charge is -2.10. The lowest BCUT2D eigenvalue weighted by Crippen LogP contribution is -2.36. The van der Waals surface area contributed by atoms with Gasteiger partial charge in [0, 0.05) is 36.0 Å². The van der Waals surface area contributed by atoms with Crippen molar-refractivity contribution in [2.24, 2.45) is 5.73 Å². The highest BCUT2D eigenvalue weighted by atomic mass is 32.1. The fourth-order valence-corrected chi connectivity index (χ4v) is 2.29. The lowest BCUT2D eigenvalue weighted by molar-refractivity contribution is 0.179. The number of thiophene rings is 1. The van der Waals surface area contributed by atoms with Gasteiger partial charge < -0.3 is 15.8 Å². The molecule has 3 N–H and O–H groups in total. The van der Waals surface area contributed by atoms with Crippen molar-refractivity contribution in [1.29, 1.82) is 0 Å². The summed E-state index contributed by atoms with van der Waals surface area (Å²) in [6.45, 7) is 4.49. The summed E-state index contributed by atoms with van der Waals surface area (Å²) < 4.78 is 4.97. The summed E-state index contributed by atoms with van der Waals surface area (Å²) in [6, 6.07) is 4.45. The first-order valence-corrected chi connectivity index (χ1v) is 6.10.